The van der Waals surface area contributed by atoms with Crippen LogP contribution in [-0.2, 0) is 19.0 Å². The minimum absolute atomic E-state index is 0.0225. The van der Waals surface area contributed by atoms with E-state index >= 15 is 0 Å². The second-order valence-corrected chi connectivity index (χ2v) is 2.50. The molecule has 1 rings (SSSR count). The monoisotopic (exact) mass is 160 g/mol. The lowest BCUT2D eigenvalue weighted by molar-refractivity contribution is -0.144. The van der Waals surface area contributed by atoms with Crippen LogP contribution in [0.1, 0.15) is 13.8 Å². The van der Waals surface area contributed by atoms with Gasteiger partial charge in [0.15, 0.2) is 0 Å². The van der Waals surface area contributed by atoms with E-state index in [0.717, 1.165) is 0 Å². The fraction of sp³-hybridized carbons (Fsp3) is 0.857. The predicted molar refractivity (Wildman–Crippen MR) is 36.9 cm³/mol. The van der Waals surface area contributed by atoms with Crippen LogP contribution in [0.3, 0.4) is 0 Å². The van der Waals surface area contributed by atoms with Crippen molar-refractivity contribution < 1.29 is 19.0 Å². The zero-order valence-electron chi connectivity index (χ0n) is 6.70. The molecule has 1 aliphatic heterocycles. The fourth-order valence-corrected chi connectivity index (χ4v) is 0.860. The molecule has 0 aromatic carbocycles. The highest BCUT2D eigenvalue weighted by atomic mass is 16.7. The van der Waals surface area contributed by atoms with Crippen molar-refractivity contribution in [3.8, 4) is 0 Å². The van der Waals surface area contributed by atoms with Gasteiger partial charge in [-0.3, -0.25) is 4.79 Å². The van der Waals surface area contributed by atoms with Crippen molar-refractivity contribution in [3.05, 3.63) is 0 Å². The number of rotatable bonds is 2. The number of carbonyl (C=O) groups is 1. The van der Waals surface area contributed by atoms with Crippen molar-refractivity contribution in [1.82, 2.24) is 0 Å². The van der Waals surface area contributed by atoms with E-state index in [9.17, 15) is 4.79 Å². The van der Waals surface area contributed by atoms with Crippen LogP contribution in [0.4, 0.5) is 0 Å². The lowest BCUT2D eigenvalue weighted by Gasteiger charge is -2.11. The van der Waals surface area contributed by atoms with Crippen LogP contribution in [0.15, 0.2) is 0 Å². The summed E-state index contributed by atoms with van der Waals surface area (Å²) < 4.78 is 15.0. The first-order chi connectivity index (χ1) is 5.20. The summed E-state index contributed by atoms with van der Waals surface area (Å²) in [5, 5.41) is 0. The number of hydrogen-bond donors (Lipinski definition) is 0. The van der Waals surface area contributed by atoms with Crippen molar-refractivity contribution in [2.45, 2.75) is 26.1 Å². The van der Waals surface area contributed by atoms with Crippen molar-refractivity contribution in [3.63, 3.8) is 0 Å². The Kier molecular flexibility index (Phi) is 2.84. The molecular formula is C7H12O4. The second kappa shape index (κ2) is 3.69. The van der Waals surface area contributed by atoms with Gasteiger partial charge in [0.2, 0.25) is 0 Å². The molecule has 1 aliphatic rings. The number of hydrogen-bond acceptors (Lipinski definition) is 4. The first-order valence-electron chi connectivity index (χ1n) is 3.56. The van der Waals surface area contributed by atoms with Gasteiger partial charge >= 0.3 is 5.97 Å². The highest BCUT2D eigenvalue weighted by molar-refractivity contribution is 5.65. The lowest BCUT2D eigenvalue weighted by Crippen LogP contribution is -2.25. The van der Waals surface area contributed by atoms with Gasteiger partial charge in [0, 0.05) is 6.92 Å². The van der Waals surface area contributed by atoms with Gasteiger partial charge in [-0.15, -0.1) is 0 Å². The summed E-state index contributed by atoms with van der Waals surface area (Å²) in [5.74, 6) is -0.285. The highest BCUT2D eigenvalue weighted by Gasteiger charge is 2.25. The summed E-state index contributed by atoms with van der Waals surface area (Å²) in [5.41, 5.74) is 0. The Bertz CT molecular complexity index is 145. The zero-order valence-corrected chi connectivity index (χ0v) is 6.70. The van der Waals surface area contributed by atoms with E-state index in [1.807, 2.05) is 6.92 Å². The summed E-state index contributed by atoms with van der Waals surface area (Å²) in [6, 6.07) is 0. The van der Waals surface area contributed by atoms with Crippen LogP contribution < -0.4 is 0 Å². The fourth-order valence-electron chi connectivity index (χ4n) is 0.860. The van der Waals surface area contributed by atoms with E-state index in [2.05, 4.69) is 0 Å². The molecule has 1 fully saturated rings. The van der Waals surface area contributed by atoms with Crippen molar-refractivity contribution in [2.24, 2.45) is 0 Å². The Hall–Kier alpha value is -0.610. The molecule has 0 radical (unpaired) electrons. The molecule has 2 unspecified atom stereocenters. The molecule has 11 heavy (non-hydrogen) atoms. The molecule has 4 nitrogen and oxygen atoms in total. The normalized spacial score (nSPS) is 30.4. The van der Waals surface area contributed by atoms with Crippen LogP contribution >= 0.6 is 0 Å². The molecule has 0 amide bonds. The standard InChI is InChI=1S/C7H12O4/c1-5-7(11-4-10-5)3-9-6(2)8/h5,7H,3-4H2,1-2H3. The number of carbonyl (C=O) groups excluding carboxylic acids is 1. The molecule has 0 aliphatic carbocycles. The minimum Gasteiger partial charge on any atom is -0.463 e. The smallest absolute Gasteiger partial charge is 0.302 e. The van der Waals surface area contributed by atoms with Gasteiger partial charge < -0.3 is 14.2 Å². The van der Waals surface area contributed by atoms with E-state index in [1.54, 1.807) is 0 Å². The Morgan fingerprint density at radius 3 is 2.82 bits per heavy atom. The summed E-state index contributed by atoms with van der Waals surface area (Å²) in [6.07, 6.45) is -0.0757. The Balaban J connectivity index is 2.20. The van der Waals surface area contributed by atoms with E-state index in [0.29, 0.717) is 6.79 Å². The average molecular weight is 160 g/mol. The van der Waals surface area contributed by atoms with Crippen molar-refractivity contribution in [2.75, 3.05) is 13.4 Å². The van der Waals surface area contributed by atoms with Gasteiger partial charge in [-0.1, -0.05) is 0 Å². The summed E-state index contributed by atoms with van der Waals surface area (Å²) in [4.78, 5) is 10.4. The van der Waals surface area contributed by atoms with E-state index in [4.69, 9.17) is 14.2 Å². The van der Waals surface area contributed by atoms with Crippen molar-refractivity contribution in [1.29, 1.82) is 0 Å². The van der Waals surface area contributed by atoms with Gasteiger partial charge in [0.05, 0.1) is 6.10 Å². The lowest BCUT2D eigenvalue weighted by atomic mass is 10.2. The van der Waals surface area contributed by atoms with Crippen LogP contribution in [0.25, 0.3) is 0 Å². The molecule has 0 spiro atoms. The molecule has 0 saturated carbocycles. The maximum absolute atomic E-state index is 10.4. The topological polar surface area (TPSA) is 44.8 Å². The van der Waals surface area contributed by atoms with Crippen LogP contribution in [-0.4, -0.2) is 31.6 Å². The summed E-state index contributed by atoms with van der Waals surface area (Å²) in [7, 11) is 0. The molecule has 2 atom stereocenters. The molecular weight excluding hydrogens is 148 g/mol. The molecule has 64 valence electrons. The van der Waals surface area contributed by atoms with Gasteiger partial charge in [0.1, 0.15) is 19.5 Å². The van der Waals surface area contributed by atoms with Gasteiger partial charge in [-0.25, -0.2) is 0 Å². The van der Waals surface area contributed by atoms with E-state index in [-0.39, 0.29) is 24.8 Å². The Morgan fingerprint density at radius 2 is 2.36 bits per heavy atom. The largest absolute Gasteiger partial charge is 0.463 e. The average Bonchev–Trinajstić information content (AvgIpc) is 2.31. The van der Waals surface area contributed by atoms with Crippen LogP contribution in [0.5, 0.6) is 0 Å². The molecule has 0 aromatic heterocycles. The molecule has 4 heteroatoms. The third-order valence-electron chi connectivity index (χ3n) is 1.59. The third kappa shape index (κ3) is 2.48. The minimum atomic E-state index is -0.285. The first-order valence-corrected chi connectivity index (χ1v) is 3.56. The quantitative estimate of drug-likeness (QED) is 0.545. The zero-order chi connectivity index (χ0) is 8.27. The van der Waals surface area contributed by atoms with Crippen molar-refractivity contribution >= 4 is 5.97 Å². The molecule has 0 bridgehead atoms. The van der Waals surface area contributed by atoms with Gasteiger partial charge in [-0.2, -0.15) is 0 Å². The molecule has 0 aromatic rings. The molecule has 0 N–H and O–H groups in total. The van der Waals surface area contributed by atoms with Crippen LogP contribution in [0.2, 0.25) is 0 Å². The van der Waals surface area contributed by atoms with Gasteiger partial charge in [-0.05, 0) is 6.92 Å². The highest BCUT2D eigenvalue weighted by Crippen LogP contribution is 2.11. The Morgan fingerprint density at radius 1 is 1.64 bits per heavy atom. The summed E-state index contributed by atoms with van der Waals surface area (Å²) in [6.45, 7) is 3.85. The van der Waals surface area contributed by atoms with Crippen LogP contribution in [0, 0.1) is 0 Å². The SMILES string of the molecule is CC(=O)OCC1OCOC1C. The maximum Gasteiger partial charge on any atom is 0.302 e. The third-order valence-corrected chi connectivity index (χ3v) is 1.59. The molecule has 1 heterocycles. The number of ether oxygens (including phenoxy) is 3. The maximum atomic E-state index is 10.4. The Labute approximate surface area is 65.4 Å². The second-order valence-electron chi connectivity index (χ2n) is 2.50. The predicted octanol–water partition coefficient (Wildman–Crippen LogP) is 0.311. The summed E-state index contributed by atoms with van der Waals surface area (Å²) >= 11 is 0. The molecule has 1 saturated heterocycles. The van der Waals surface area contributed by atoms with E-state index in [1.165, 1.54) is 6.92 Å². The van der Waals surface area contributed by atoms with Gasteiger partial charge in [0.25, 0.3) is 0 Å². The first kappa shape index (κ1) is 8.49. The number of esters is 1. The van der Waals surface area contributed by atoms with E-state index < -0.39 is 0 Å².